The third-order valence-corrected chi connectivity index (χ3v) is 6.95. The zero-order valence-electron chi connectivity index (χ0n) is 22.7. The molecule has 2 aromatic heterocycles. The quantitative estimate of drug-likeness (QED) is 0.489. The van der Waals surface area contributed by atoms with Crippen LogP contribution in [0.25, 0.3) is 11.0 Å². The van der Waals surface area contributed by atoms with Crippen molar-refractivity contribution in [1.82, 2.24) is 19.4 Å². The Bertz CT molecular complexity index is 1400. The van der Waals surface area contributed by atoms with Gasteiger partial charge in [-0.1, -0.05) is 11.8 Å². The molecule has 1 aliphatic heterocycles. The molecule has 3 aromatic rings. The number of aromatic nitrogens is 3. The van der Waals surface area contributed by atoms with Crippen molar-refractivity contribution in [2.24, 2.45) is 0 Å². The molecule has 2 N–H and O–H groups in total. The number of amides is 1. The maximum Gasteiger partial charge on any atom is 0.410 e. The number of rotatable bonds is 5. The van der Waals surface area contributed by atoms with Gasteiger partial charge >= 0.3 is 6.09 Å². The molecule has 2 fully saturated rings. The van der Waals surface area contributed by atoms with Gasteiger partial charge in [0, 0.05) is 36.3 Å². The zero-order valence-corrected chi connectivity index (χ0v) is 22.7. The van der Waals surface area contributed by atoms with E-state index in [0.29, 0.717) is 36.3 Å². The fourth-order valence-electron chi connectivity index (χ4n) is 5.12. The molecule has 9 heteroatoms. The summed E-state index contributed by atoms with van der Waals surface area (Å²) >= 11 is 0. The van der Waals surface area contributed by atoms with E-state index in [1.165, 1.54) is 6.33 Å². The Labute approximate surface area is 223 Å². The summed E-state index contributed by atoms with van der Waals surface area (Å²) in [7, 11) is 3.23. The van der Waals surface area contributed by atoms with E-state index in [4.69, 9.17) is 19.9 Å². The topological polar surface area (TPSA) is 105 Å². The molecule has 2 aliphatic rings. The molecule has 0 spiro atoms. The fourth-order valence-corrected chi connectivity index (χ4v) is 5.12. The van der Waals surface area contributed by atoms with Crippen molar-refractivity contribution in [3.8, 4) is 23.3 Å². The maximum absolute atomic E-state index is 13.0. The van der Waals surface area contributed by atoms with Gasteiger partial charge in [-0.05, 0) is 58.6 Å². The second-order valence-corrected chi connectivity index (χ2v) is 10.9. The van der Waals surface area contributed by atoms with Crippen LogP contribution < -0.4 is 15.2 Å². The number of nitrogens with zero attached hydrogens (tertiary/aromatic N) is 4. The van der Waals surface area contributed by atoms with E-state index in [0.717, 1.165) is 53.5 Å². The number of fused-ring (bicyclic) bond motifs is 1. The van der Waals surface area contributed by atoms with Gasteiger partial charge in [0.25, 0.3) is 0 Å². The second-order valence-electron chi connectivity index (χ2n) is 10.9. The number of carbonyl (C=O) groups excluding carboxylic acids is 1. The first-order valence-corrected chi connectivity index (χ1v) is 13.1. The molecule has 0 radical (unpaired) electrons. The minimum atomic E-state index is -0.545. The maximum atomic E-state index is 13.0. The van der Waals surface area contributed by atoms with Crippen molar-refractivity contribution >= 4 is 22.9 Å². The predicted octanol–water partition coefficient (Wildman–Crippen LogP) is 4.71. The van der Waals surface area contributed by atoms with E-state index in [2.05, 4.69) is 26.4 Å². The lowest BCUT2D eigenvalue weighted by Gasteiger charge is -2.29. The first-order chi connectivity index (χ1) is 18.2. The number of hydrogen-bond donors (Lipinski definition) is 1. The largest absolute Gasteiger partial charge is 0.497 e. The van der Waals surface area contributed by atoms with Crippen LogP contribution in [0.1, 0.15) is 69.2 Å². The van der Waals surface area contributed by atoms with Crippen molar-refractivity contribution in [3.05, 3.63) is 41.3 Å². The standard InChI is InChI=1S/C29H35N5O4/c1-29(2,3)38-28(35)33-12-6-7-20(33)16-34-25(19-9-10-19)23(24-26(30)31-17-32-27(24)34)11-8-18-13-21(36-4)15-22(14-18)37-5/h13-15,17,19-20H,6-7,9-10,12,16H2,1-5H3,(H2,30,31,32)/t20-/m1/s1. The van der Waals surface area contributed by atoms with Crippen molar-refractivity contribution in [2.75, 3.05) is 26.5 Å². The van der Waals surface area contributed by atoms with E-state index in [1.54, 1.807) is 14.2 Å². The highest BCUT2D eigenvalue weighted by Crippen LogP contribution is 2.45. The van der Waals surface area contributed by atoms with Crippen LogP contribution >= 0.6 is 0 Å². The average Bonchev–Trinajstić information content (AvgIpc) is 3.51. The summed E-state index contributed by atoms with van der Waals surface area (Å²) in [5.74, 6) is 8.80. The van der Waals surface area contributed by atoms with Crippen LogP contribution in [0.5, 0.6) is 11.5 Å². The number of benzene rings is 1. The van der Waals surface area contributed by atoms with Crippen LogP contribution in [-0.2, 0) is 11.3 Å². The average molecular weight is 518 g/mol. The normalized spacial score (nSPS) is 17.3. The molecular formula is C29H35N5O4. The molecule has 1 saturated heterocycles. The molecule has 38 heavy (non-hydrogen) atoms. The Morgan fingerprint density at radius 1 is 1.08 bits per heavy atom. The molecule has 1 aliphatic carbocycles. The summed E-state index contributed by atoms with van der Waals surface area (Å²) in [5.41, 5.74) is 9.36. The van der Waals surface area contributed by atoms with Crippen LogP contribution in [0.3, 0.4) is 0 Å². The lowest BCUT2D eigenvalue weighted by molar-refractivity contribution is 0.0214. The first kappa shape index (κ1) is 25.7. The molecule has 0 unspecified atom stereocenters. The monoisotopic (exact) mass is 517 g/mol. The van der Waals surface area contributed by atoms with Gasteiger partial charge in [-0.3, -0.25) is 0 Å². The second kappa shape index (κ2) is 10.1. The molecule has 1 saturated carbocycles. The summed E-state index contributed by atoms with van der Waals surface area (Å²) in [6, 6.07) is 5.57. The third kappa shape index (κ3) is 5.21. The Morgan fingerprint density at radius 2 is 1.79 bits per heavy atom. The zero-order chi connectivity index (χ0) is 27.0. The van der Waals surface area contributed by atoms with Gasteiger partial charge in [-0.15, -0.1) is 0 Å². The number of anilines is 1. The van der Waals surface area contributed by atoms with Crippen molar-refractivity contribution < 1.29 is 19.0 Å². The molecule has 0 bridgehead atoms. The van der Waals surface area contributed by atoms with Gasteiger partial charge in [-0.25, -0.2) is 14.8 Å². The molecule has 1 atom stereocenters. The van der Waals surface area contributed by atoms with Crippen LogP contribution in [0, 0.1) is 11.8 Å². The molecule has 3 heterocycles. The summed E-state index contributed by atoms with van der Waals surface area (Å²) in [6.45, 7) is 6.96. The highest BCUT2D eigenvalue weighted by Gasteiger charge is 2.37. The highest BCUT2D eigenvalue weighted by molar-refractivity contribution is 5.94. The van der Waals surface area contributed by atoms with Gasteiger partial charge < -0.3 is 29.4 Å². The molecular weight excluding hydrogens is 482 g/mol. The SMILES string of the molecule is COc1cc(C#Cc2c(C3CC3)n(C[C@H]3CCCN3C(=O)OC(C)(C)C)c3ncnc(N)c23)cc(OC)c1. The summed E-state index contributed by atoms with van der Waals surface area (Å²) in [5, 5.41) is 0.763. The number of nitrogen functional groups attached to an aromatic ring is 1. The van der Waals surface area contributed by atoms with Gasteiger partial charge in [0.1, 0.15) is 34.9 Å². The summed E-state index contributed by atoms with van der Waals surface area (Å²) in [6.07, 6.45) is 5.20. The van der Waals surface area contributed by atoms with Crippen molar-refractivity contribution in [2.45, 2.75) is 70.6 Å². The fraction of sp³-hybridized carbons (Fsp3) is 0.483. The van der Waals surface area contributed by atoms with E-state index in [1.807, 2.05) is 43.9 Å². The molecule has 200 valence electrons. The van der Waals surface area contributed by atoms with Gasteiger partial charge in [0.05, 0.1) is 31.2 Å². The summed E-state index contributed by atoms with van der Waals surface area (Å²) in [4.78, 5) is 23.8. The van der Waals surface area contributed by atoms with Gasteiger partial charge in [0.15, 0.2) is 0 Å². The summed E-state index contributed by atoms with van der Waals surface area (Å²) < 4.78 is 18.8. The molecule has 5 rings (SSSR count). The van der Waals surface area contributed by atoms with Crippen LogP contribution in [0.15, 0.2) is 24.5 Å². The van der Waals surface area contributed by atoms with Crippen LogP contribution in [-0.4, -0.2) is 57.9 Å². The predicted molar refractivity (Wildman–Crippen MR) is 145 cm³/mol. The third-order valence-electron chi connectivity index (χ3n) is 6.95. The highest BCUT2D eigenvalue weighted by atomic mass is 16.6. The van der Waals surface area contributed by atoms with E-state index >= 15 is 0 Å². The minimum Gasteiger partial charge on any atom is -0.497 e. The molecule has 1 aromatic carbocycles. The number of carbonyl (C=O) groups is 1. The molecule has 1 amide bonds. The van der Waals surface area contributed by atoms with E-state index in [9.17, 15) is 4.79 Å². The Morgan fingerprint density at radius 3 is 2.42 bits per heavy atom. The number of hydrogen-bond acceptors (Lipinski definition) is 7. The lowest BCUT2D eigenvalue weighted by atomic mass is 10.1. The van der Waals surface area contributed by atoms with E-state index < -0.39 is 5.60 Å². The van der Waals surface area contributed by atoms with E-state index in [-0.39, 0.29) is 12.1 Å². The van der Waals surface area contributed by atoms with Crippen molar-refractivity contribution in [3.63, 3.8) is 0 Å². The number of nitrogens with two attached hydrogens (primary N) is 1. The minimum absolute atomic E-state index is 0.00223. The number of ether oxygens (including phenoxy) is 3. The molecule has 9 nitrogen and oxygen atoms in total. The smallest absolute Gasteiger partial charge is 0.410 e. The number of likely N-dealkylation sites (tertiary alicyclic amines) is 1. The Hall–Kier alpha value is -3.93. The Balaban J connectivity index is 1.58. The van der Waals surface area contributed by atoms with Crippen molar-refractivity contribution in [1.29, 1.82) is 0 Å². The van der Waals surface area contributed by atoms with Crippen LogP contribution in [0.2, 0.25) is 0 Å². The lowest BCUT2D eigenvalue weighted by Crippen LogP contribution is -2.41. The number of methoxy groups -OCH3 is 2. The Kier molecular flexibility index (Phi) is 6.82. The first-order valence-electron chi connectivity index (χ1n) is 13.1. The van der Waals surface area contributed by atoms with Gasteiger partial charge in [-0.2, -0.15) is 0 Å². The van der Waals surface area contributed by atoms with Gasteiger partial charge in [0.2, 0.25) is 0 Å². The van der Waals surface area contributed by atoms with Crippen LogP contribution in [0.4, 0.5) is 10.6 Å².